The Morgan fingerprint density at radius 3 is 2.86 bits per heavy atom. The Balaban J connectivity index is 1.59. The first-order chi connectivity index (χ1) is 17.8. The van der Waals surface area contributed by atoms with Crippen molar-refractivity contribution < 1.29 is 33.8 Å². The highest BCUT2D eigenvalue weighted by atomic mass is 79.9. The van der Waals surface area contributed by atoms with Gasteiger partial charge in [-0.05, 0) is 63.8 Å². The number of imidazole rings is 1. The average molecular weight is 568 g/mol. The van der Waals surface area contributed by atoms with Gasteiger partial charge in [0, 0.05) is 25.0 Å². The number of rotatable bonds is 7. The summed E-state index contributed by atoms with van der Waals surface area (Å²) < 4.78 is 13.3. The topological polar surface area (TPSA) is 119 Å². The smallest absolute Gasteiger partial charge is 0.295 e. The third kappa shape index (κ3) is 4.57. The number of hydrogen-bond acceptors (Lipinski definition) is 6. The van der Waals surface area contributed by atoms with Gasteiger partial charge >= 0.3 is 0 Å². The molecular formula is C27H26BrN3O6. The molecule has 2 aromatic carbocycles. The van der Waals surface area contributed by atoms with Gasteiger partial charge in [-0.3, -0.25) is 14.6 Å². The highest BCUT2D eigenvalue weighted by Crippen LogP contribution is 2.44. The standard InChI is InChI=1S/C27H26BrN3O6/c1-15-10-17-11-16(4-5-20(17)37-15)24(32)22-23(18-12-19(28)25(33)21(13-18)36-2)31(27(35)26(22)34)8-3-7-30-9-6-29-14-30/h4-6,9,11-15,23H,3,7-8,10H2,1-2H3,(H2,32,33,34). The first-order valence-electron chi connectivity index (χ1n) is 11.9. The molecule has 1 amide bonds. The number of carbonyl (C=O) groups excluding carboxylic acids is 2. The Hall–Kier alpha value is -3.79. The van der Waals surface area contributed by atoms with Gasteiger partial charge in [0.25, 0.3) is 5.91 Å². The number of aromatic nitrogens is 2. The summed E-state index contributed by atoms with van der Waals surface area (Å²) >= 11 is 3.32. The van der Waals surface area contributed by atoms with E-state index in [0.29, 0.717) is 35.0 Å². The molecule has 3 aromatic rings. The van der Waals surface area contributed by atoms with E-state index >= 15 is 0 Å². The third-order valence-corrected chi connectivity index (χ3v) is 7.30. The summed E-state index contributed by atoms with van der Waals surface area (Å²) in [5, 5.41) is 24.1. The van der Waals surface area contributed by atoms with Gasteiger partial charge in [0.05, 0.1) is 24.2 Å². The molecule has 2 atom stereocenters. The Kier molecular flexibility index (Phi) is 6.68. The minimum Gasteiger partial charge on any atom is -0.872 e. The SMILES string of the molecule is COc1cc(C2/C(=C(\[O-])c3ccc4c(c3)CC(C)O4)C(=O)C(=O)N2CCC[n+]2cc[nH]c2)cc(Br)c1O. The lowest BCUT2D eigenvalue weighted by Crippen LogP contribution is -2.36. The van der Waals surface area contributed by atoms with Gasteiger partial charge in [-0.15, -0.1) is 0 Å². The molecule has 2 unspecified atom stereocenters. The number of amides is 1. The normalized spacial score (nSPS) is 20.2. The Bertz CT molecular complexity index is 1400. The van der Waals surface area contributed by atoms with Crippen LogP contribution in [-0.2, 0) is 22.6 Å². The van der Waals surface area contributed by atoms with Crippen LogP contribution >= 0.6 is 15.9 Å². The van der Waals surface area contributed by atoms with Crippen LogP contribution in [0.4, 0.5) is 0 Å². The molecule has 192 valence electrons. The van der Waals surface area contributed by atoms with E-state index in [1.807, 2.05) is 17.7 Å². The largest absolute Gasteiger partial charge is 0.872 e. The van der Waals surface area contributed by atoms with Gasteiger partial charge in [0.2, 0.25) is 12.1 Å². The second-order valence-electron chi connectivity index (χ2n) is 9.18. The van der Waals surface area contributed by atoms with E-state index < -0.39 is 23.5 Å². The van der Waals surface area contributed by atoms with Crippen molar-refractivity contribution in [3.63, 3.8) is 0 Å². The number of aromatic hydroxyl groups is 1. The van der Waals surface area contributed by atoms with Crippen LogP contribution in [0, 0.1) is 0 Å². The van der Waals surface area contributed by atoms with Gasteiger partial charge in [-0.25, -0.2) is 4.57 Å². The van der Waals surface area contributed by atoms with Gasteiger partial charge in [-0.2, -0.15) is 0 Å². The molecule has 5 rings (SSSR count). The van der Waals surface area contributed by atoms with E-state index in [2.05, 4.69) is 20.9 Å². The number of nitrogens with one attached hydrogen (secondary N) is 1. The number of fused-ring (bicyclic) bond motifs is 1. The molecule has 1 saturated heterocycles. The van der Waals surface area contributed by atoms with E-state index in [9.17, 15) is 19.8 Å². The lowest BCUT2D eigenvalue weighted by Gasteiger charge is -2.28. The number of ether oxygens (including phenoxy) is 2. The number of carbonyl (C=O) groups is 2. The van der Waals surface area contributed by atoms with Crippen LogP contribution in [0.15, 0.2) is 59.1 Å². The molecule has 1 aromatic heterocycles. The molecule has 37 heavy (non-hydrogen) atoms. The van der Waals surface area contributed by atoms with Gasteiger partial charge in [-0.1, -0.05) is 11.8 Å². The number of nitrogens with zero attached hydrogens (tertiary/aromatic N) is 2. The lowest BCUT2D eigenvalue weighted by molar-refractivity contribution is -0.695. The fraction of sp³-hybridized carbons (Fsp3) is 0.296. The molecule has 2 aliphatic heterocycles. The second kappa shape index (κ2) is 9.93. The Labute approximate surface area is 222 Å². The van der Waals surface area contributed by atoms with Crippen molar-refractivity contribution in [2.45, 2.75) is 38.5 Å². The summed E-state index contributed by atoms with van der Waals surface area (Å²) in [6.45, 7) is 2.81. The predicted octanol–water partition coefficient (Wildman–Crippen LogP) is 2.42. The zero-order valence-corrected chi connectivity index (χ0v) is 21.9. The van der Waals surface area contributed by atoms with Crippen LogP contribution in [0.25, 0.3) is 5.76 Å². The highest BCUT2D eigenvalue weighted by molar-refractivity contribution is 9.10. The zero-order chi connectivity index (χ0) is 26.3. The summed E-state index contributed by atoms with van der Waals surface area (Å²) in [7, 11) is 1.41. The summed E-state index contributed by atoms with van der Waals surface area (Å²) in [6.07, 6.45) is 6.69. The molecule has 0 radical (unpaired) electrons. The van der Waals surface area contributed by atoms with Crippen molar-refractivity contribution in [2.75, 3.05) is 13.7 Å². The number of hydrogen-bond donors (Lipinski definition) is 2. The van der Waals surface area contributed by atoms with Crippen molar-refractivity contribution >= 4 is 33.4 Å². The maximum Gasteiger partial charge on any atom is 0.295 e. The minimum absolute atomic E-state index is 0.00523. The molecule has 1 fully saturated rings. The number of H-pyrrole nitrogens is 1. The highest BCUT2D eigenvalue weighted by Gasteiger charge is 2.44. The first-order valence-corrected chi connectivity index (χ1v) is 12.7. The number of aryl methyl sites for hydroxylation is 1. The van der Waals surface area contributed by atoms with Crippen molar-refractivity contribution in [3.8, 4) is 17.2 Å². The predicted molar refractivity (Wildman–Crippen MR) is 135 cm³/mol. The number of aromatic amines is 1. The van der Waals surface area contributed by atoms with E-state index in [4.69, 9.17) is 9.47 Å². The van der Waals surface area contributed by atoms with E-state index in [0.717, 1.165) is 11.3 Å². The van der Waals surface area contributed by atoms with E-state index in [1.165, 1.54) is 12.0 Å². The maximum atomic E-state index is 13.8. The van der Waals surface area contributed by atoms with Crippen LogP contribution in [0.2, 0.25) is 0 Å². The number of Topliss-reactive ketones (excluding diaryl/α,β-unsaturated/α-hetero) is 1. The summed E-state index contributed by atoms with van der Waals surface area (Å²) in [4.78, 5) is 31.0. The third-order valence-electron chi connectivity index (χ3n) is 6.69. The lowest BCUT2D eigenvalue weighted by atomic mass is 9.94. The van der Waals surface area contributed by atoms with Crippen molar-refractivity contribution in [1.29, 1.82) is 0 Å². The van der Waals surface area contributed by atoms with E-state index in [-0.39, 0.29) is 29.7 Å². The Morgan fingerprint density at radius 2 is 2.14 bits per heavy atom. The molecule has 2 N–H and O–H groups in total. The molecular weight excluding hydrogens is 542 g/mol. The summed E-state index contributed by atoms with van der Waals surface area (Å²) in [5.41, 5.74) is 1.58. The Morgan fingerprint density at radius 1 is 1.32 bits per heavy atom. The summed E-state index contributed by atoms with van der Waals surface area (Å²) in [5.74, 6) is -1.29. The number of benzene rings is 2. The molecule has 10 heteroatoms. The fourth-order valence-corrected chi connectivity index (χ4v) is 5.42. The second-order valence-corrected chi connectivity index (χ2v) is 10.0. The molecule has 0 aliphatic carbocycles. The monoisotopic (exact) mass is 567 g/mol. The zero-order valence-electron chi connectivity index (χ0n) is 20.4. The van der Waals surface area contributed by atoms with Crippen LogP contribution in [-0.4, -0.2) is 46.4 Å². The van der Waals surface area contributed by atoms with Crippen LogP contribution < -0.4 is 19.1 Å². The molecule has 9 nitrogen and oxygen atoms in total. The van der Waals surface area contributed by atoms with Crippen LogP contribution in [0.3, 0.4) is 0 Å². The number of ketones is 1. The molecule has 3 heterocycles. The number of phenolic OH excluding ortho intramolecular Hbond substituents is 1. The number of phenols is 1. The van der Waals surface area contributed by atoms with Gasteiger partial charge < -0.3 is 24.6 Å². The minimum atomic E-state index is -0.932. The van der Waals surface area contributed by atoms with Crippen LogP contribution in [0.5, 0.6) is 17.2 Å². The van der Waals surface area contributed by atoms with Gasteiger partial charge in [0.1, 0.15) is 24.2 Å². The molecule has 0 saturated carbocycles. The van der Waals surface area contributed by atoms with E-state index in [1.54, 1.807) is 42.9 Å². The summed E-state index contributed by atoms with van der Waals surface area (Å²) in [6, 6.07) is 7.32. The quantitative estimate of drug-likeness (QED) is 0.196. The number of methoxy groups -OCH3 is 1. The van der Waals surface area contributed by atoms with Crippen molar-refractivity contribution in [2.24, 2.45) is 0 Å². The van der Waals surface area contributed by atoms with Gasteiger partial charge in [0.15, 0.2) is 11.5 Å². The average Bonchev–Trinajstić information content (AvgIpc) is 3.59. The van der Waals surface area contributed by atoms with Crippen molar-refractivity contribution in [1.82, 2.24) is 9.88 Å². The number of halogens is 1. The molecule has 0 spiro atoms. The number of likely N-dealkylation sites (tertiary alicyclic amines) is 1. The fourth-order valence-electron chi connectivity index (χ4n) is 4.96. The molecule has 0 bridgehead atoms. The van der Waals surface area contributed by atoms with Crippen molar-refractivity contribution in [3.05, 3.63) is 75.8 Å². The maximum absolute atomic E-state index is 13.8. The molecule has 2 aliphatic rings. The first kappa shape index (κ1) is 24.9. The van der Waals surface area contributed by atoms with Crippen LogP contribution in [0.1, 0.15) is 36.1 Å².